The highest BCUT2D eigenvalue weighted by Gasteiger charge is 2.29. The predicted molar refractivity (Wildman–Crippen MR) is 93.8 cm³/mol. The van der Waals surface area contributed by atoms with Crippen molar-refractivity contribution in [3.05, 3.63) is 59.7 Å². The Kier molecular flexibility index (Phi) is 5.51. The molecule has 0 saturated heterocycles. The predicted octanol–water partition coefficient (Wildman–Crippen LogP) is 3.77. The third kappa shape index (κ3) is 4.02. The molecule has 7 nitrogen and oxygen atoms in total. The Balaban J connectivity index is 1.60. The third-order valence-electron chi connectivity index (χ3n) is 4.17. The number of carbonyl (C=O) groups excluding carboxylic acids is 1. The average molecular weight is 352 g/mol. The molecule has 0 aliphatic heterocycles. The number of fused-ring (bicyclic) bond motifs is 3. The molecule has 0 heterocycles. The second-order valence-corrected chi connectivity index (χ2v) is 5.86. The number of carbonyl (C=O) groups is 2. The van der Waals surface area contributed by atoms with Crippen molar-refractivity contribution in [3.8, 4) is 11.1 Å². The van der Waals surface area contributed by atoms with Crippen molar-refractivity contribution in [3.63, 3.8) is 0 Å². The van der Waals surface area contributed by atoms with Crippen molar-refractivity contribution in [2.45, 2.75) is 18.8 Å². The number of aliphatic carboxylic acids is 1. The molecule has 1 N–H and O–H groups in total. The van der Waals surface area contributed by atoms with Crippen molar-refractivity contribution in [1.82, 2.24) is 4.91 Å². The SMILES string of the molecule is O=C(O)CCCN=[N+]=NC(=O)OCC1c2ccccc2-c2ccccc21. The minimum atomic E-state index is -0.895. The van der Waals surface area contributed by atoms with Gasteiger partial charge < -0.3 is 9.84 Å². The van der Waals surface area contributed by atoms with Crippen LogP contribution in [0.25, 0.3) is 11.1 Å². The fourth-order valence-corrected chi connectivity index (χ4v) is 3.04. The molecule has 0 unspecified atom stereocenters. The number of rotatable bonds is 6. The maximum absolute atomic E-state index is 11.7. The van der Waals surface area contributed by atoms with Gasteiger partial charge in [0.1, 0.15) is 18.3 Å². The number of hydrogen-bond acceptors (Lipinski definition) is 4. The summed E-state index contributed by atoms with van der Waals surface area (Å²) < 4.78 is 5.23. The summed E-state index contributed by atoms with van der Waals surface area (Å²) in [7, 11) is 0. The fraction of sp³-hybridized carbons (Fsp3) is 0.263. The van der Waals surface area contributed by atoms with Crippen LogP contribution >= 0.6 is 0 Å². The summed E-state index contributed by atoms with van der Waals surface area (Å²) in [5.74, 6) is -0.928. The molecule has 0 aromatic heterocycles. The van der Waals surface area contributed by atoms with Crippen LogP contribution in [-0.2, 0) is 9.53 Å². The normalized spacial score (nSPS) is 11.8. The lowest BCUT2D eigenvalue weighted by Gasteiger charge is -2.11. The van der Waals surface area contributed by atoms with E-state index in [1.54, 1.807) is 0 Å². The quantitative estimate of drug-likeness (QED) is 0.485. The van der Waals surface area contributed by atoms with Gasteiger partial charge in [0.2, 0.25) is 10.0 Å². The fourth-order valence-electron chi connectivity index (χ4n) is 3.04. The van der Waals surface area contributed by atoms with Crippen LogP contribution in [0.3, 0.4) is 0 Å². The summed E-state index contributed by atoms with van der Waals surface area (Å²) in [4.78, 5) is 25.5. The molecular formula is C19H18N3O4+. The maximum Gasteiger partial charge on any atom is 0.512 e. The first-order chi connectivity index (χ1) is 12.7. The molecule has 26 heavy (non-hydrogen) atoms. The highest BCUT2D eigenvalue weighted by atomic mass is 16.5. The van der Waals surface area contributed by atoms with Gasteiger partial charge in [-0.05, 0) is 28.7 Å². The molecule has 1 aliphatic carbocycles. The maximum atomic E-state index is 11.7. The minimum absolute atomic E-state index is 0.00393. The van der Waals surface area contributed by atoms with Crippen molar-refractivity contribution in [2.75, 3.05) is 13.2 Å². The van der Waals surface area contributed by atoms with Crippen LogP contribution in [0.1, 0.15) is 29.9 Å². The van der Waals surface area contributed by atoms with Gasteiger partial charge in [-0.3, -0.25) is 4.79 Å². The van der Waals surface area contributed by atoms with Crippen LogP contribution in [0.15, 0.2) is 58.8 Å². The lowest BCUT2D eigenvalue weighted by molar-refractivity contribution is -0.137. The standard InChI is InChI=1S/C19H17N3O4/c23-18(24)10-5-11-20-22-21-19(25)26-12-17-15-8-3-1-6-13(15)14-7-2-4-9-16(14)17/h1-4,6-9,17H,5,10-12H2/p+1. The Hall–Kier alpha value is -3.31. The van der Waals surface area contributed by atoms with Crippen LogP contribution in [0.4, 0.5) is 4.79 Å². The van der Waals surface area contributed by atoms with Crippen LogP contribution in [0, 0.1) is 0 Å². The van der Waals surface area contributed by atoms with E-state index in [0.717, 1.165) is 22.3 Å². The van der Waals surface area contributed by atoms with Gasteiger partial charge in [0.05, 0.1) is 0 Å². The molecule has 2 aromatic rings. The Bertz CT molecular complexity index is 842. The van der Waals surface area contributed by atoms with E-state index >= 15 is 0 Å². The van der Waals surface area contributed by atoms with Gasteiger partial charge in [0.25, 0.3) is 0 Å². The monoisotopic (exact) mass is 352 g/mol. The Morgan fingerprint density at radius 2 is 1.65 bits per heavy atom. The number of benzene rings is 2. The average Bonchev–Trinajstić information content (AvgIpc) is 2.96. The van der Waals surface area contributed by atoms with Crippen molar-refractivity contribution in [2.24, 2.45) is 10.2 Å². The second kappa shape index (κ2) is 8.18. The zero-order chi connectivity index (χ0) is 18.4. The third-order valence-corrected chi connectivity index (χ3v) is 4.17. The molecule has 1 amide bonds. The van der Waals surface area contributed by atoms with E-state index < -0.39 is 12.1 Å². The molecule has 132 valence electrons. The molecule has 0 spiro atoms. The van der Waals surface area contributed by atoms with Gasteiger partial charge >= 0.3 is 12.1 Å². The van der Waals surface area contributed by atoms with E-state index in [4.69, 9.17) is 9.84 Å². The Morgan fingerprint density at radius 3 is 2.27 bits per heavy atom. The molecule has 0 fully saturated rings. The highest BCUT2D eigenvalue weighted by Crippen LogP contribution is 2.44. The van der Waals surface area contributed by atoms with E-state index in [2.05, 4.69) is 27.3 Å². The van der Waals surface area contributed by atoms with E-state index in [-0.39, 0.29) is 25.5 Å². The van der Waals surface area contributed by atoms with Crippen LogP contribution in [0.2, 0.25) is 0 Å². The first-order valence-corrected chi connectivity index (χ1v) is 8.31. The highest BCUT2D eigenvalue weighted by molar-refractivity contribution is 5.79. The van der Waals surface area contributed by atoms with E-state index in [1.165, 1.54) is 0 Å². The van der Waals surface area contributed by atoms with E-state index in [1.807, 2.05) is 36.4 Å². The molecule has 0 atom stereocenters. The number of carboxylic acids is 1. The summed E-state index contributed by atoms with van der Waals surface area (Å²) in [5.41, 5.74) is 4.55. The first-order valence-electron chi connectivity index (χ1n) is 8.31. The van der Waals surface area contributed by atoms with Gasteiger partial charge in [0.15, 0.2) is 0 Å². The number of nitrogens with zero attached hydrogens (tertiary/aromatic N) is 3. The number of carboxylic acid groups (broad SMARTS) is 1. The summed E-state index contributed by atoms with van der Waals surface area (Å²) in [6, 6.07) is 16.1. The smallest absolute Gasteiger partial charge is 0.481 e. The van der Waals surface area contributed by atoms with Crippen LogP contribution < -0.4 is 4.91 Å². The van der Waals surface area contributed by atoms with Gasteiger partial charge in [-0.2, -0.15) is 0 Å². The molecule has 0 saturated carbocycles. The molecular weight excluding hydrogens is 334 g/mol. The number of hydrogen-bond donors (Lipinski definition) is 1. The molecule has 3 rings (SSSR count). The van der Waals surface area contributed by atoms with Crippen molar-refractivity contribution < 1.29 is 19.4 Å². The van der Waals surface area contributed by atoms with Crippen LogP contribution in [-0.4, -0.2) is 30.3 Å². The first kappa shape index (κ1) is 17.5. The molecule has 0 bridgehead atoms. The summed E-state index contributed by atoms with van der Waals surface area (Å²) in [6.07, 6.45) is -0.461. The Morgan fingerprint density at radius 1 is 1.04 bits per heavy atom. The molecule has 7 heteroatoms. The lowest BCUT2D eigenvalue weighted by Crippen LogP contribution is -2.10. The number of ether oxygens (including phenoxy) is 1. The largest absolute Gasteiger partial charge is 0.512 e. The van der Waals surface area contributed by atoms with E-state index in [9.17, 15) is 9.59 Å². The zero-order valence-electron chi connectivity index (χ0n) is 14.0. The van der Waals surface area contributed by atoms with E-state index in [0.29, 0.717) is 6.42 Å². The van der Waals surface area contributed by atoms with Crippen molar-refractivity contribution >= 4 is 12.1 Å². The second-order valence-electron chi connectivity index (χ2n) is 5.86. The summed E-state index contributed by atoms with van der Waals surface area (Å²) in [6.45, 7) is 0.372. The minimum Gasteiger partial charge on any atom is -0.481 e. The van der Waals surface area contributed by atoms with Crippen LogP contribution in [0.5, 0.6) is 0 Å². The number of amides is 1. The van der Waals surface area contributed by atoms with Gasteiger partial charge in [-0.1, -0.05) is 48.5 Å². The van der Waals surface area contributed by atoms with Gasteiger partial charge in [0, 0.05) is 12.3 Å². The lowest BCUT2D eigenvalue weighted by atomic mass is 9.98. The Labute approximate surface area is 150 Å². The van der Waals surface area contributed by atoms with Crippen molar-refractivity contribution in [1.29, 1.82) is 0 Å². The summed E-state index contributed by atoms with van der Waals surface area (Å²) in [5, 5.41) is 15.5. The topological polar surface area (TPSA) is 102 Å². The van der Waals surface area contributed by atoms with Gasteiger partial charge in [-0.15, -0.1) is 0 Å². The molecule has 0 radical (unpaired) electrons. The summed E-state index contributed by atoms with van der Waals surface area (Å²) >= 11 is 0. The van der Waals surface area contributed by atoms with Gasteiger partial charge in [-0.25, -0.2) is 4.79 Å². The zero-order valence-corrected chi connectivity index (χ0v) is 14.0. The molecule has 2 aromatic carbocycles. The molecule has 1 aliphatic rings.